The number of carbonyl (C=O) groups excluding carboxylic acids is 1. The van der Waals surface area contributed by atoms with E-state index in [1.165, 1.54) is 7.11 Å². The molecule has 0 heterocycles. The summed E-state index contributed by atoms with van der Waals surface area (Å²) in [5, 5.41) is 3.06. The molecule has 5 heteroatoms. The van der Waals surface area contributed by atoms with Crippen LogP contribution < -0.4 is 14.8 Å². The van der Waals surface area contributed by atoms with Gasteiger partial charge in [-0.1, -0.05) is 31.5 Å². The molecule has 0 aliphatic rings. The number of ether oxygens (including phenoxy) is 2. The number of rotatable bonds is 8. The summed E-state index contributed by atoms with van der Waals surface area (Å²) < 4.78 is 11.0. The molecule has 0 unspecified atom stereocenters. The molecule has 0 aliphatic carbocycles. The summed E-state index contributed by atoms with van der Waals surface area (Å²) in [6.07, 6.45) is 2.53. The molecule has 0 atom stereocenters. The fraction of sp³-hybridized carbons (Fsp3) is 0.438. The number of hydrogen-bond donors (Lipinski definition) is 1. The van der Waals surface area contributed by atoms with Crippen molar-refractivity contribution in [1.82, 2.24) is 5.32 Å². The highest BCUT2D eigenvalue weighted by Gasteiger charge is 2.15. The zero-order valence-electron chi connectivity index (χ0n) is 12.7. The zero-order valence-corrected chi connectivity index (χ0v) is 13.5. The Kier molecular flexibility index (Phi) is 7.09. The van der Waals surface area contributed by atoms with Crippen molar-refractivity contribution in [2.45, 2.75) is 20.3 Å². The quantitative estimate of drug-likeness (QED) is 0.745. The monoisotopic (exact) mass is 311 g/mol. The van der Waals surface area contributed by atoms with Gasteiger partial charge in [-0.25, -0.2) is 0 Å². The molecule has 21 heavy (non-hydrogen) atoms. The number of hydrogen-bond acceptors (Lipinski definition) is 3. The second kappa shape index (κ2) is 8.57. The van der Waals surface area contributed by atoms with Gasteiger partial charge in [-0.05, 0) is 24.5 Å². The maximum Gasteiger partial charge on any atom is 0.251 e. The Morgan fingerprint density at radius 1 is 1.48 bits per heavy atom. The van der Waals surface area contributed by atoms with Gasteiger partial charge in [0.05, 0.1) is 18.7 Å². The molecule has 0 radical (unpaired) electrons. The van der Waals surface area contributed by atoms with Gasteiger partial charge in [0.2, 0.25) is 0 Å². The molecule has 0 saturated heterocycles. The van der Waals surface area contributed by atoms with Crippen molar-refractivity contribution in [3.63, 3.8) is 0 Å². The van der Waals surface area contributed by atoms with E-state index in [2.05, 4.69) is 25.7 Å². The Morgan fingerprint density at radius 3 is 2.76 bits per heavy atom. The SMILES string of the molecule is C=CCNC(=O)c1cc(Cl)c(OCCC(C)C)c(OC)c1. The van der Waals surface area contributed by atoms with E-state index in [1.54, 1.807) is 18.2 Å². The van der Waals surface area contributed by atoms with E-state index in [0.717, 1.165) is 6.42 Å². The fourth-order valence-corrected chi connectivity index (χ4v) is 1.92. The van der Waals surface area contributed by atoms with Gasteiger partial charge in [0.1, 0.15) is 0 Å². The molecular formula is C16H22ClNO3. The van der Waals surface area contributed by atoms with Gasteiger partial charge in [0.25, 0.3) is 5.91 Å². The minimum atomic E-state index is -0.233. The first-order valence-electron chi connectivity index (χ1n) is 6.89. The summed E-state index contributed by atoms with van der Waals surface area (Å²) >= 11 is 6.20. The highest BCUT2D eigenvalue weighted by molar-refractivity contribution is 6.32. The molecule has 0 bridgehead atoms. The summed E-state index contributed by atoms with van der Waals surface area (Å²) in [5.74, 6) is 1.23. The molecule has 0 aliphatic heterocycles. The van der Waals surface area contributed by atoms with Crippen LogP contribution in [0, 0.1) is 5.92 Å². The van der Waals surface area contributed by atoms with Crippen LogP contribution in [0.15, 0.2) is 24.8 Å². The number of amides is 1. The molecule has 4 nitrogen and oxygen atoms in total. The number of nitrogens with one attached hydrogen (secondary N) is 1. The first-order chi connectivity index (χ1) is 9.99. The molecular weight excluding hydrogens is 290 g/mol. The second-order valence-electron chi connectivity index (χ2n) is 5.02. The highest BCUT2D eigenvalue weighted by atomic mass is 35.5. The number of halogens is 1. The van der Waals surface area contributed by atoms with Crippen LogP contribution in [-0.2, 0) is 0 Å². The second-order valence-corrected chi connectivity index (χ2v) is 5.43. The maximum atomic E-state index is 11.9. The molecule has 1 amide bonds. The first kappa shape index (κ1) is 17.4. The lowest BCUT2D eigenvalue weighted by Gasteiger charge is -2.14. The Hall–Kier alpha value is -1.68. The lowest BCUT2D eigenvalue weighted by Crippen LogP contribution is -2.23. The van der Waals surface area contributed by atoms with Gasteiger partial charge in [-0.15, -0.1) is 6.58 Å². The number of carbonyl (C=O) groups is 1. The Morgan fingerprint density at radius 2 is 2.19 bits per heavy atom. The van der Waals surface area contributed by atoms with Crippen molar-refractivity contribution in [1.29, 1.82) is 0 Å². The van der Waals surface area contributed by atoms with Crippen LogP contribution in [0.25, 0.3) is 0 Å². The first-order valence-corrected chi connectivity index (χ1v) is 7.26. The van der Waals surface area contributed by atoms with E-state index in [0.29, 0.717) is 41.2 Å². The van der Waals surface area contributed by atoms with E-state index >= 15 is 0 Å². The minimum Gasteiger partial charge on any atom is -0.493 e. The number of methoxy groups -OCH3 is 1. The van der Waals surface area contributed by atoms with Gasteiger partial charge in [0.15, 0.2) is 11.5 Å². The molecule has 0 aromatic heterocycles. The van der Waals surface area contributed by atoms with Crippen LogP contribution in [0.2, 0.25) is 5.02 Å². The smallest absolute Gasteiger partial charge is 0.251 e. The van der Waals surface area contributed by atoms with E-state index < -0.39 is 0 Å². The Bertz CT molecular complexity index is 501. The summed E-state index contributed by atoms with van der Waals surface area (Å²) in [6, 6.07) is 3.20. The molecule has 1 rings (SSSR count). The standard InChI is InChI=1S/C16H22ClNO3/c1-5-7-18-16(19)12-9-13(17)15(14(10-12)20-4)21-8-6-11(2)3/h5,9-11H,1,6-8H2,2-4H3,(H,18,19). The van der Waals surface area contributed by atoms with Crippen molar-refractivity contribution in [2.75, 3.05) is 20.3 Å². The van der Waals surface area contributed by atoms with Gasteiger partial charge in [-0.2, -0.15) is 0 Å². The zero-order chi connectivity index (χ0) is 15.8. The van der Waals surface area contributed by atoms with E-state index in [9.17, 15) is 4.79 Å². The normalized spacial score (nSPS) is 10.3. The maximum absolute atomic E-state index is 11.9. The van der Waals surface area contributed by atoms with Crippen LogP contribution in [-0.4, -0.2) is 26.2 Å². The van der Waals surface area contributed by atoms with Crippen molar-refractivity contribution in [3.8, 4) is 11.5 Å². The lowest BCUT2D eigenvalue weighted by atomic mass is 10.1. The van der Waals surface area contributed by atoms with Crippen LogP contribution in [0.4, 0.5) is 0 Å². The third kappa shape index (κ3) is 5.31. The molecule has 116 valence electrons. The van der Waals surface area contributed by atoms with Crippen molar-refractivity contribution in [3.05, 3.63) is 35.4 Å². The van der Waals surface area contributed by atoms with Crippen molar-refractivity contribution < 1.29 is 14.3 Å². The third-order valence-corrected chi connectivity index (χ3v) is 3.12. The summed E-state index contributed by atoms with van der Waals surface area (Å²) in [6.45, 7) is 8.74. The summed E-state index contributed by atoms with van der Waals surface area (Å²) in [7, 11) is 1.52. The predicted molar refractivity (Wildman–Crippen MR) is 85.5 cm³/mol. The van der Waals surface area contributed by atoms with Gasteiger partial charge < -0.3 is 14.8 Å². The van der Waals surface area contributed by atoms with Crippen LogP contribution in [0.1, 0.15) is 30.6 Å². The van der Waals surface area contributed by atoms with E-state index in [1.807, 2.05) is 0 Å². The topological polar surface area (TPSA) is 47.6 Å². The molecule has 0 fully saturated rings. The minimum absolute atomic E-state index is 0.233. The molecule has 1 N–H and O–H groups in total. The largest absolute Gasteiger partial charge is 0.493 e. The average Bonchev–Trinajstić information content (AvgIpc) is 2.45. The fourth-order valence-electron chi connectivity index (χ4n) is 1.65. The lowest BCUT2D eigenvalue weighted by molar-refractivity contribution is 0.0957. The van der Waals surface area contributed by atoms with Gasteiger partial charge in [0, 0.05) is 12.1 Å². The third-order valence-electron chi connectivity index (χ3n) is 2.84. The van der Waals surface area contributed by atoms with Gasteiger partial charge >= 0.3 is 0 Å². The molecule has 1 aromatic rings. The van der Waals surface area contributed by atoms with Crippen molar-refractivity contribution in [2.24, 2.45) is 5.92 Å². The van der Waals surface area contributed by atoms with E-state index in [4.69, 9.17) is 21.1 Å². The van der Waals surface area contributed by atoms with Crippen LogP contribution in [0.5, 0.6) is 11.5 Å². The summed E-state index contributed by atoms with van der Waals surface area (Å²) in [5.41, 5.74) is 0.426. The van der Waals surface area contributed by atoms with Crippen LogP contribution >= 0.6 is 11.6 Å². The number of benzene rings is 1. The summed E-state index contributed by atoms with van der Waals surface area (Å²) in [4.78, 5) is 11.9. The molecule has 0 spiro atoms. The molecule has 1 aromatic carbocycles. The average molecular weight is 312 g/mol. The van der Waals surface area contributed by atoms with Crippen LogP contribution in [0.3, 0.4) is 0 Å². The Labute approximate surface area is 131 Å². The molecule has 0 saturated carbocycles. The predicted octanol–water partition coefficient (Wildman–Crippen LogP) is 3.69. The van der Waals surface area contributed by atoms with Gasteiger partial charge in [-0.3, -0.25) is 4.79 Å². The Balaban J connectivity index is 2.91. The highest BCUT2D eigenvalue weighted by Crippen LogP contribution is 2.36. The van der Waals surface area contributed by atoms with Crippen molar-refractivity contribution >= 4 is 17.5 Å². The van der Waals surface area contributed by atoms with E-state index in [-0.39, 0.29) is 5.91 Å².